The molecule has 0 aliphatic rings. The number of amides is 1. The van der Waals surface area contributed by atoms with E-state index in [1.807, 2.05) is 0 Å². The van der Waals surface area contributed by atoms with Gasteiger partial charge in [-0.25, -0.2) is 9.97 Å². The largest absolute Gasteiger partial charge is 0.393 e. The van der Waals surface area contributed by atoms with Gasteiger partial charge in [-0.3, -0.25) is 15.6 Å². The van der Waals surface area contributed by atoms with Gasteiger partial charge < -0.3 is 11.5 Å². The second-order valence-electron chi connectivity index (χ2n) is 3.72. The maximum absolute atomic E-state index is 11.9. The van der Waals surface area contributed by atoms with Gasteiger partial charge >= 0.3 is 0 Å². The van der Waals surface area contributed by atoms with Crippen molar-refractivity contribution in [1.29, 1.82) is 0 Å². The van der Waals surface area contributed by atoms with Gasteiger partial charge in [-0.15, -0.1) is 0 Å². The predicted octanol–water partition coefficient (Wildman–Crippen LogP) is 1.70. The SMILES string of the molecule is Nc1ncnc(NNC(=O)c2ccc(Cl)cc2Cl)c1N. The molecule has 6 N–H and O–H groups in total. The van der Waals surface area contributed by atoms with Gasteiger partial charge in [-0.05, 0) is 18.2 Å². The molecule has 0 saturated carbocycles. The smallest absolute Gasteiger partial charge is 0.271 e. The molecule has 104 valence electrons. The highest BCUT2D eigenvalue weighted by Gasteiger charge is 2.11. The molecule has 2 aromatic rings. The Balaban J connectivity index is 2.11. The lowest BCUT2D eigenvalue weighted by atomic mass is 10.2. The van der Waals surface area contributed by atoms with Gasteiger partial charge in [0.25, 0.3) is 5.91 Å². The monoisotopic (exact) mass is 312 g/mol. The maximum atomic E-state index is 11.9. The number of hydrogen-bond acceptors (Lipinski definition) is 6. The molecule has 9 heteroatoms. The molecule has 1 aromatic carbocycles. The van der Waals surface area contributed by atoms with Crippen molar-refractivity contribution >= 4 is 46.4 Å². The highest BCUT2D eigenvalue weighted by Crippen LogP contribution is 2.21. The second kappa shape index (κ2) is 5.81. The average molecular weight is 313 g/mol. The summed E-state index contributed by atoms with van der Waals surface area (Å²) >= 11 is 11.7. The van der Waals surface area contributed by atoms with Crippen LogP contribution in [0, 0.1) is 0 Å². The fourth-order valence-corrected chi connectivity index (χ4v) is 1.86. The lowest BCUT2D eigenvalue weighted by molar-refractivity contribution is 0.0962. The Morgan fingerprint density at radius 1 is 1.20 bits per heavy atom. The van der Waals surface area contributed by atoms with Crippen LogP contribution in [0.4, 0.5) is 17.3 Å². The highest BCUT2D eigenvalue weighted by atomic mass is 35.5. The van der Waals surface area contributed by atoms with Crippen molar-refractivity contribution < 1.29 is 4.79 Å². The molecule has 0 saturated heterocycles. The van der Waals surface area contributed by atoms with Crippen LogP contribution in [0.1, 0.15) is 10.4 Å². The van der Waals surface area contributed by atoms with Crippen molar-refractivity contribution in [3.63, 3.8) is 0 Å². The number of rotatable bonds is 3. The Kier molecular flexibility index (Phi) is 4.11. The topological polar surface area (TPSA) is 119 Å². The molecule has 7 nitrogen and oxygen atoms in total. The zero-order valence-electron chi connectivity index (χ0n) is 10.0. The van der Waals surface area contributed by atoms with E-state index in [0.29, 0.717) is 5.02 Å². The van der Waals surface area contributed by atoms with Gasteiger partial charge in [-0.1, -0.05) is 23.2 Å². The number of halogens is 2. The molecule has 0 aliphatic carbocycles. The van der Waals surface area contributed by atoms with Crippen LogP contribution in [-0.4, -0.2) is 15.9 Å². The molecule has 2 rings (SSSR count). The second-order valence-corrected chi connectivity index (χ2v) is 4.57. The zero-order chi connectivity index (χ0) is 14.7. The molecule has 0 aliphatic heterocycles. The number of nitrogens with zero attached hydrogens (tertiary/aromatic N) is 2. The van der Waals surface area contributed by atoms with E-state index >= 15 is 0 Å². The third-order valence-corrected chi connectivity index (χ3v) is 2.93. The Hall–Kier alpha value is -2.25. The minimum atomic E-state index is -0.469. The minimum absolute atomic E-state index is 0.112. The molecular weight excluding hydrogens is 303 g/mol. The van der Waals surface area contributed by atoms with Gasteiger partial charge in [0, 0.05) is 5.02 Å². The lowest BCUT2D eigenvalue weighted by Gasteiger charge is -2.11. The summed E-state index contributed by atoms with van der Waals surface area (Å²) in [6.07, 6.45) is 1.22. The van der Waals surface area contributed by atoms with E-state index in [4.69, 9.17) is 34.7 Å². The molecule has 20 heavy (non-hydrogen) atoms. The molecule has 1 aromatic heterocycles. The first-order chi connectivity index (χ1) is 9.49. The summed E-state index contributed by atoms with van der Waals surface area (Å²) in [5, 5.41) is 0.666. The molecule has 1 heterocycles. The summed E-state index contributed by atoms with van der Waals surface area (Å²) in [6.45, 7) is 0. The molecule has 1 amide bonds. The van der Waals surface area contributed by atoms with Crippen molar-refractivity contribution in [2.75, 3.05) is 16.9 Å². The van der Waals surface area contributed by atoms with E-state index in [9.17, 15) is 4.79 Å². The molecule has 0 unspecified atom stereocenters. The Labute approximate surface area is 124 Å². The van der Waals surface area contributed by atoms with Crippen LogP contribution in [0.2, 0.25) is 10.0 Å². The van der Waals surface area contributed by atoms with Crippen LogP contribution in [0.25, 0.3) is 0 Å². The van der Waals surface area contributed by atoms with E-state index < -0.39 is 5.91 Å². The van der Waals surface area contributed by atoms with E-state index in [2.05, 4.69) is 20.8 Å². The molecular formula is C11H10Cl2N6O. The number of nitrogens with two attached hydrogens (primary N) is 2. The number of hydrogen-bond donors (Lipinski definition) is 4. The van der Waals surface area contributed by atoms with Gasteiger partial charge in [0.2, 0.25) is 0 Å². The first-order valence-corrected chi connectivity index (χ1v) is 6.12. The number of benzene rings is 1. The van der Waals surface area contributed by atoms with Gasteiger partial charge in [0.1, 0.15) is 12.0 Å². The fraction of sp³-hybridized carbons (Fsp3) is 0. The molecule has 0 fully saturated rings. The van der Waals surface area contributed by atoms with Crippen molar-refractivity contribution in [3.05, 3.63) is 40.1 Å². The average Bonchev–Trinajstić information content (AvgIpc) is 2.40. The Morgan fingerprint density at radius 2 is 1.95 bits per heavy atom. The van der Waals surface area contributed by atoms with Crippen LogP contribution in [0.3, 0.4) is 0 Å². The molecule has 0 bridgehead atoms. The third-order valence-electron chi connectivity index (χ3n) is 2.38. The van der Waals surface area contributed by atoms with E-state index in [1.54, 1.807) is 6.07 Å². The summed E-state index contributed by atoms with van der Waals surface area (Å²) in [5.74, 6) is -0.166. The number of carbonyl (C=O) groups excluding carboxylic acids is 1. The van der Waals surface area contributed by atoms with Crippen LogP contribution in [-0.2, 0) is 0 Å². The molecule has 0 atom stereocenters. The van der Waals surface area contributed by atoms with E-state index in [-0.39, 0.29) is 27.9 Å². The van der Waals surface area contributed by atoms with Crippen LogP contribution in [0.15, 0.2) is 24.5 Å². The maximum Gasteiger partial charge on any atom is 0.271 e. The fourth-order valence-electron chi connectivity index (χ4n) is 1.37. The Bertz CT molecular complexity index is 663. The zero-order valence-corrected chi connectivity index (χ0v) is 11.5. The summed E-state index contributed by atoms with van der Waals surface area (Å²) in [7, 11) is 0. The van der Waals surface area contributed by atoms with Crippen LogP contribution >= 0.6 is 23.2 Å². The number of aromatic nitrogens is 2. The summed E-state index contributed by atoms with van der Waals surface area (Å²) < 4.78 is 0. The van der Waals surface area contributed by atoms with Gasteiger partial charge in [0.15, 0.2) is 11.6 Å². The quantitative estimate of drug-likeness (QED) is 0.640. The summed E-state index contributed by atoms with van der Waals surface area (Å²) in [4.78, 5) is 19.5. The number of carbonyl (C=O) groups is 1. The first kappa shape index (κ1) is 14.2. The summed E-state index contributed by atoms with van der Waals surface area (Å²) in [5.41, 5.74) is 16.5. The first-order valence-electron chi connectivity index (χ1n) is 5.36. The van der Waals surface area contributed by atoms with E-state index in [1.165, 1.54) is 18.5 Å². The van der Waals surface area contributed by atoms with Crippen LogP contribution < -0.4 is 22.3 Å². The Morgan fingerprint density at radius 3 is 2.65 bits per heavy atom. The normalized spacial score (nSPS) is 10.1. The molecule has 0 radical (unpaired) electrons. The number of nitrogen functional groups attached to an aromatic ring is 2. The summed E-state index contributed by atoms with van der Waals surface area (Å²) in [6, 6.07) is 4.52. The van der Waals surface area contributed by atoms with Crippen molar-refractivity contribution in [1.82, 2.24) is 15.4 Å². The lowest BCUT2D eigenvalue weighted by Crippen LogP contribution is -2.30. The third kappa shape index (κ3) is 3.01. The number of nitrogens with one attached hydrogen (secondary N) is 2. The van der Waals surface area contributed by atoms with Crippen LogP contribution in [0.5, 0.6) is 0 Å². The van der Waals surface area contributed by atoms with Gasteiger partial charge in [-0.2, -0.15) is 0 Å². The van der Waals surface area contributed by atoms with Crippen molar-refractivity contribution in [3.8, 4) is 0 Å². The molecule has 0 spiro atoms. The van der Waals surface area contributed by atoms with Crippen molar-refractivity contribution in [2.45, 2.75) is 0 Å². The van der Waals surface area contributed by atoms with E-state index in [0.717, 1.165) is 0 Å². The minimum Gasteiger partial charge on any atom is -0.393 e. The standard InChI is InChI=1S/C11H10Cl2N6O/c12-5-1-2-6(7(13)3-5)11(20)19-18-10-8(14)9(15)16-4-17-10/h1-4H,14H2,(H,19,20)(H3,15,16,17,18). The number of anilines is 3. The predicted molar refractivity (Wildman–Crippen MR) is 78.4 cm³/mol. The highest BCUT2D eigenvalue weighted by molar-refractivity contribution is 6.36. The number of hydrazine groups is 1. The van der Waals surface area contributed by atoms with Crippen molar-refractivity contribution in [2.24, 2.45) is 0 Å². The van der Waals surface area contributed by atoms with Gasteiger partial charge in [0.05, 0.1) is 10.6 Å².